The number of hydrogen-bond acceptors (Lipinski definition) is 1. The zero-order chi connectivity index (χ0) is 38.5. The van der Waals surface area contributed by atoms with Gasteiger partial charge in [-0.05, 0) is 108 Å². The average Bonchev–Trinajstić information content (AvgIpc) is 3.61. The van der Waals surface area contributed by atoms with E-state index in [1.54, 1.807) is 0 Å². The maximum atomic E-state index is 2.40. The minimum atomic E-state index is -0.436. The topological polar surface area (TPSA) is 3.24 Å². The lowest BCUT2D eigenvalue weighted by atomic mass is 9.67. The van der Waals surface area contributed by atoms with Gasteiger partial charge in [0.25, 0.3) is 0 Å². The largest absolute Gasteiger partial charge is 0.310 e. The van der Waals surface area contributed by atoms with Crippen molar-refractivity contribution >= 4 is 38.6 Å². The molecule has 0 unspecified atom stereocenters. The second-order valence-corrected chi connectivity index (χ2v) is 15.2. The van der Waals surface area contributed by atoms with E-state index in [1.807, 2.05) is 0 Å². The number of nitrogens with zero attached hydrogens (tertiary/aromatic N) is 1. The summed E-state index contributed by atoms with van der Waals surface area (Å²) in [7, 11) is 0. The molecule has 0 saturated carbocycles. The summed E-state index contributed by atoms with van der Waals surface area (Å²) in [6.45, 7) is 0. The van der Waals surface area contributed by atoms with Gasteiger partial charge in [-0.15, -0.1) is 0 Å². The highest BCUT2D eigenvalue weighted by Gasteiger charge is 2.46. The van der Waals surface area contributed by atoms with E-state index in [0.29, 0.717) is 0 Å². The van der Waals surface area contributed by atoms with Crippen LogP contribution in [0.25, 0.3) is 54.9 Å². The van der Waals surface area contributed by atoms with E-state index >= 15 is 0 Å². The van der Waals surface area contributed by atoms with Crippen molar-refractivity contribution in [2.75, 3.05) is 4.90 Å². The Hall–Kier alpha value is -7.48. The minimum Gasteiger partial charge on any atom is -0.310 e. The zero-order valence-electron chi connectivity index (χ0n) is 32.0. The molecule has 11 rings (SSSR count). The lowest BCUT2D eigenvalue weighted by Gasteiger charge is -2.34. The predicted octanol–water partition coefficient (Wildman–Crippen LogP) is 15.2. The highest BCUT2D eigenvalue weighted by Crippen LogP contribution is 2.58. The fourth-order valence-electron chi connectivity index (χ4n) is 9.53. The average molecular weight is 738 g/mol. The molecular weight excluding hydrogens is 699 g/mol. The molecule has 1 heteroatoms. The Morgan fingerprint density at radius 2 is 0.828 bits per heavy atom. The number of fused-ring (bicyclic) bond motifs is 5. The number of benzene rings is 10. The number of rotatable bonds is 7. The van der Waals surface area contributed by atoms with Gasteiger partial charge in [-0.1, -0.05) is 200 Å². The second kappa shape index (κ2) is 13.9. The SMILES string of the molecule is c1ccc(C2(c3ccccc3)c3ccccc3-c3c(-c4ccc(N(c5ccc(-c6ccc7ccccc7c6)cc5)c5cccc6ccccc56)cc4)cccc32)cc1. The van der Waals surface area contributed by atoms with Gasteiger partial charge < -0.3 is 4.90 Å². The van der Waals surface area contributed by atoms with Crippen LogP contribution in [0.4, 0.5) is 17.1 Å². The molecule has 0 heterocycles. The molecule has 10 aromatic carbocycles. The van der Waals surface area contributed by atoms with E-state index < -0.39 is 5.41 Å². The van der Waals surface area contributed by atoms with Crippen LogP contribution in [0.15, 0.2) is 237 Å². The molecule has 1 aliphatic carbocycles. The first kappa shape index (κ1) is 33.8. The Morgan fingerprint density at radius 1 is 0.310 bits per heavy atom. The van der Waals surface area contributed by atoms with E-state index in [2.05, 4.69) is 241 Å². The molecule has 0 amide bonds. The molecule has 0 bridgehead atoms. The molecule has 272 valence electrons. The Morgan fingerprint density at radius 3 is 1.55 bits per heavy atom. The quantitative estimate of drug-likeness (QED) is 0.157. The van der Waals surface area contributed by atoms with Crippen LogP contribution in [0.5, 0.6) is 0 Å². The molecule has 58 heavy (non-hydrogen) atoms. The van der Waals surface area contributed by atoms with Crippen LogP contribution in [0.2, 0.25) is 0 Å². The molecule has 0 aliphatic heterocycles. The Balaban J connectivity index is 1.05. The minimum absolute atomic E-state index is 0.436. The summed E-state index contributed by atoms with van der Waals surface area (Å²) >= 11 is 0. The molecule has 10 aromatic rings. The molecule has 0 atom stereocenters. The van der Waals surface area contributed by atoms with E-state index in [-0.39, 0.29) is 0 Å². The van der Waals surface area contributed by atoms with Gasteiger partial charge in [0.2, 0.25) is 0 Å². The number of hydrogen-bond donors (Lipinski definition) is 0. The highest BCUT2D eigenvalue weighted by atomic mass is 15.1. The summed E-state index contributed by atoms with van der Waals surface area (Å²) in [6.07, 6.45) is 0. The van der Waals surface area contributed by atoms with Crippen LogP contribution in [0.1, 0.15) is 22.3 Å². The van der Waals surface area contributed by atoms with Crippen LogP contribution in [-0.2, 0) is 5.41 Å². The summed E-state index contributed by atoms with van der Waals surface area (Å²) < 4.78 is 0. The summed E-state index contributed by atoms with van der Waals surface area (Å²) in [5.74, 6) is 0. The van der Waals surface area contributed by atoms with Crippen LogP contribution in [0, 0.1) is 0 Å². The first-order valence-corrected chi connectivity index (χ1v) is 20.1. The van der Waals surface area contributed by atoms with E-state index in [0.717, 1.165) is 17.1 Å². The Labute approximate surface area is 339 Å². The van der Waals surface area contributed by atoms with Crippen molar-refractivity contribution in [2.45, 2.75) is 5.41 Å². The fourth-order valence-corrected chi connectivity index (χ4v) is 9.53. The van der Waals surface area contributed by atoms with Crippen molar-refractivity contribution in [1.82, 2.24) is 0 Å². The summed E-state index contributed by atoms with van der Waals surface area (Å²) in [5.41, 5.74) is 15.5. The molecule has 1 aliphatic rings. The van der Waals surface area contributed by atoms with Crippen molar-refractivity contribution in [3.05, 3.63) is 259 Å². The lowest BCUT2D eigenvalue weighted by Crippen LogP contribution is -2.28. The van der Waals surface area contributed by atoms with Gasteiger partial charge in [-0.25, -0.2) is 0 Å². The van der Waals surface area contributed by atoms with Gasteiger partial charge >= 0.3 is 0 Å². The Kier molecular flexibility index (Phi) is 8.12. The molecular formula is C57H39N. The summed E-state index contributed by atoms with van der Waals surface area (Å²) in [4.78, 5) is 2.40. The third-order valence-corrected chi connectivity index (χ3v) is 12.1. The Bertz CT molecular complexity index is 3050. The molecule has 0 saturated heterocycles. The van der Waals surface area contributed by atoms with Crippen LogP contribution in [0.3, 0.4) is 0 Å². The van der Waals surface area contributed by atoms with Gasteiger partial charge in [0.05, 0.1) is 11.1 Å². The third-order valence-electron chi connectivity index (χ3n) is 12.1. The smallest absolute Gasteiger partial charge is 0.0713 e. The van der Waals surface area contributed by atoms with Crippen molar-refractivity contribution < 1.29 is 0 Å². The molecule has 0 N–H and O–H groups in total. The van der Waals surface area contributed by atoms with E-state index in [9.17, 15) is 0 Å². The monoisotopic (exact) mass is 737 g/mol. The van der Waals surface area contributed by atoms with Gasteiger partial charge in [-0.2, -0.15) is 0 Å². The standard InChI is InChI=1S/C57H39N/c1-3-19-46(20-4-1)57(47-21-5-2-6-22-47)53-26-12-11-24-52(53)56-51(25-14-27-54(56)57)43-33-37-49(38-34-43)58(55-28-13-18-42-16-9-10-23-50(42)55)48-35-31-41(32-36-48)45-30-29-40-15-7-8-17-44(40)39-45/h1-39H. The first-order chi connectivity index (χ1) is 28.8. The van der Waals surface area contributed by atoms with Crippen LogP contribution >= 0.6 is 0 Å². The molecule has 0 aromatic heterocycles. The lowest BCUT2D eigenvalue weighted by molar-refractivity contribution is 0.768. The highest BCUT2D eigenvalue weighted by molar-refractivity contribution is 6.00. The zero-order valence-corrected chi connectivity index (χ0v) is 32.0. The summed E-state index contributed by atoms with van der Waals surface area (Å²) in [6, 6.07) is 86.7. The predicted molar refractivity (Wildman–Crippen MR) is 244 cm³/mol. The van der Waals surface area contributed by atoms with Gasteiger partial charge in [0, 0.05) is 16.8 Å². The molecule has 0 radical (unpaired) electrons. The van der Waals surface area contributed by atoms with Crippen LogP contribution < -0.4 is 4.90 Å². The van der Waals surface area contributed by atoms with Crippen molar-refractivity contribution in [2.24, 2.45) is 0 Å². The third kappa shape index (κ3) is 5.39. The fraction of sp³-hybridized carbons (Fsp3) is 0.0175. The molecule has 0 spiro atoms. The second-order valence-electron chi connectivity index (χ2n) is 15.2. The van der Waals surface area contributed by atoms with Gasteiger partial charge in [-0.3, -0.25) is 0 Å². The number of anilines is 3. The van der Waals surface area contributed by atoms with Crippen molar-refractivity contribution in [3.8, 4) is 33.4 Å². The maximum absolute atomic E-state index is 2.40. The van der Waals surface area contributed by atoms with Crippen molar-refractivity contribution in [3.63, 3.8) is 0 Å². The van der Waals surface area contributed by atoms with E-state index in [1.165, 1.54) is 77.2 Å². The molecule has 0 fully saturated rings. The molecule has 1 nitrogen and oxygen atoms in total. The maximum Gasteiger partial charge on any atom is 0.0713 e. The van der Waals surface area contributed by atoms with Gasteiger partial charge in [0.15, 0.2) is 0 Å². The van der Waals surface area contributed by atoms with Crippen molar-refractivity contribution in [1.29, 1.82) is 0 Å². The summed E-state index contributed by atoms with van der Waals surface area (Å²) in [5, 5.41) is 4.93. The van der Waals surface area contributed by atoms with Gasteiger partial charge in [0.1, 0.15) is 0 Å². The van der Waals surface area contributed by atoms with E-state index in [4.69, 9.17) is 0 Å². The van der Waals surface area contributed by atoms with Crippen LogP contribution in [-0.4, -0.2) is 0 Å². The normalized spacial score (nSPS) is 12.6. The first-order valence-electron chi connectivity index (χ1n) is 20.1.